The number of ether oxygens (including phenoxy) is 1. The van der Waals surface area contributed by atoms with Crippen LogP contribution in [0.15, 0.2) is 42.3 Å². The topological polar surface area (TPSA) is 39.2 Å². The third-order valence-corrected chi connectivity index (χ3v) is 8.86. The minimum absolute atomic E-state index is 0.0903. The van der Waals surface area contributed by atoms with Gasteiger partial charge in [0.2, 0.25) is 0 Å². The van der Waals surface area contributed by atoms with Crippen molar-refractivity contribution in [2.24, 2.45) is 28.6 Å². The highest BCUT2D eigenvalue weighted by Gasteiger charge is 2.56. The molecule has 1 heterocycles. The molecule has 1 aromatic rings. The van der Waals surface area contributed by atoms with Gasteiger partial charge in [0.15, 0.2) is 0 Å². The Morgan fingerprint density at radius 3 is 2.60 bits per heavy atom. The Labute approximate surface area is 182 Å². The van der Waals surface area contributed by atoms with Crippen LogP contribution in [0.4, 0.5) is 0 Å². The average Bonchev–Trinajstić information content (AvgIpc) is 3.13. The molecule has 1 aromatic heterocycles. The summed E-state index contributed by atoms with van der Waals surface area (Å²) in [5, 5.41) is 0. The Morgan fingerprint density at radius 2 is 1.87 bits per heavy atom. The van der Waals surface area contributed by atoms with Crippen molar-refractivity contribution in [3.63, 3.8) is 0 Å². The van der Waals surface area contributed by atoms with Crippen LogP contribution >= 0.6 is 0 Å². The molecule has 2 fully saturated rings. The van der Waals surface area contributed by atoms with Crippen molar-refractivity contribution in [3.8, 4) is 0 Å². The summed E-state index contributed by atoms with van der Waals surface area (Å²) in [4.78, 5) is 15.2. The Balaban J connectivity index is 0.00000106. The van der Waals surface area contributed by atoms with Gasteiger partial charge in [-0.2, -0.15) is 0 Å². The molecule has 0 aliphatic heterocycles. The van der Waals surface area contributed by atoms with Gasteiger partial charge in [0, 0.05) is 18.8 Å². The number of hydrogen-bond acceptors (Lipinski definition) is 3. The van der Waals surface area contributed by atoms with Gasteiger partial charge in [0.05, 0.1) is 0 Å². The molecule has 4 aliphatic carbocycles. The Bertz CT molecular complexity index is 829. The zero-order chi connectivity index (χ0) is 21.4. The summed E-state index contributed by atoms with van der Waals surface area (Å²) in [7, 11) is 0. The summed E-state index contributed by atoms with van der Waals surface area (Å²) in [5.74, 6) is 2.27. The Kier molecular flexibility index (Phi) is 5.92. The summed E-state index contributed by atoms with van der Waals surface area (Å²) < 4.78 is 5.33. The molecule has 0 aromatic carbocycles. The summed E-state index contributed by atoms with van der Waals surface area (Å²) in [5.41, 5.74) is 4.99. The van der Waals surface area contributed by atoms with E-state index in [1.165, 1.54) is 36.8 Å². The highest BCUT2D eigenvalue weighted by molar-refractivity contribution is 5.72. The number of allylic oxidation sites excluding steroid dienone is 3. The molecule has 30 heavy (non-hydrogen) atoms. The van der Waals surface area contributed by atoms with Crippen molar-refractivity contribution < 1.29 is 9.53 Å². The first-order chi connectivity index (χ1) is 14.6. The van der Waals surface area contributed by atoms with Crippen LogP contribution in [0.1, 0.15) is 78.2 Å². The van der Waals surface area contributed by atoms with Gasteiger partial charge in [0.1, 0.15) is 6.10 Å². The van der Waals surface area contributed by atoms with Gasteiger partial charge in [-0.15, -0.1) is 0 Å². The van der Waals surface area contributed by atoms with Gasteiger partial charge in [0.25, 0.3) is 6.47 Å². The molecule has 0 amide bonds. The van der Waals surface area contributed by atoms with E-state index < -0.39 is 0 Å². The van der Waals surface area contributed by atoms with Crippen molar-refractivity contribution in [1.29, 1.82) is 0 Å². The lowest BCUT2D eigenvalue weighted by atomic mass is 9.47. The molecule has 2 saturated carbocycles. The molecule has 0 spiro atoms. The van der Waals surface area contributed by atoms with Crippen LogP contribution in [0.25, 0.3) is 5.57 Å². The Morgan fingerprint density at radius 1 is 1.07 bits per heavy atom. The minimum Gasteiger partial charge on any atom is -0.464 e. The molecule has 3 nitrogen and oxygen atoms in total. The van der Waals surface area contributed by atoms with E-state index in [4.69, 9.17) is 4.74 Å². The van der Waals surface area contributed by atoms with Gasteiger partial charge in [-0.3, -0.25) is 9.78 Å². The van der Waals surface area contributed by atoms with Crippen LogP contribution in [0.5, 0.6) is 0 Å². The SMILES string of the molecule is CC.CC12CCC(OC=O)CC1=CCC1C2CCC2(C)C(c3cccnc3)=CCC12. The second-order valence-electron chi connectivity index (χ2n) is 9.91. The number of nitrogens with zero attached hydrogens (tertiary/aromatic N) is 1. The first kappa shape index (κ1) is 21.3. The summed E-state index contributed by atoms with van der Waals surface area (Å²) in [6, 6.07) is 4.29. The summed E-state index contributed by atoms with van der Waals surface area (Å²) >= 11 is 0. The summed E-state index contributed by atoms with van der Waals surface area (Å²) in [6.07, 6.45) is 17.1. The number of carbonyl (C=O) groups excluding carboxylic acids is 1. The quantitative estimate of drug-likeness (QED) is 0.418. The zero-order valence-corrected chi connectivity index (χ0v) is 19.1. The van der Waals surface area contributed by atoms with Crippen LogP contribution in [0, 0.1) is 28.6 Å². The normalized spacial score (nSPS) is 39.2. The molecule has 6 unspecified atom stereocenters. The standard InChI is InChI=1S/C25H31NO2.C2H6/c1-24-11-9-19(28-16-27)14-18(24)5-6-20-22-8-7-21(17-4-3-13-26-15-17)25(22,2)12-10-23(20)24;1-2/h3-5,7,13,15-16,19-20,22-23H,6,8-12,14H2,1-2H3;1-2H3. The first-order valence-electron chi connectivity index (χ1n) is 12.0. The van der Waals surface area contributed by atoms with E-state index in [2.05, 4.69) is 43.1 Å². The van der Waals surface area contributed by atoms with E-state index in [0.717, 1.165) is 37.0 Å². The van der Waals surface area contributed by atoms with Gasteiger partial charge in [-0.25, -0.2) is 0 Å². The molecule has 4 aliphatic rings. The van der Waals surface area contributed by atoms with Gasteiger partial charge < -0.3 is 4.74 Å². The lowest BCUT2D eigenvalue weighted by Gasteiger charge is -2.57. The molecule has 0 bridgehead atoms. The van der Waals surface area contributed by atoms with E-state index >= 15 is 0 Å². The van der Waals surface area contributed by atoms with Crippen molar-refractivity contribution in [1.82, 2.24) is 4.98 Å². The van der Waals surface area contributed by atoms with E-state index in [-0.39, 0.29) is 11.5 Å². The number of rotatable bonds is 3. The lowest BCUT2D eigenvalue weighted by molar-refractivity contribution is -0.135. The predicted molar refractivity (Wildman–Crippen MR) is 122 cm³/mol. The maximum atomic E-state index is 10.8. The van der Waals surface area contributed by atoms with Crippen LogP contribution in [-0.2, 0) is 9.53 Å². The largest absolute Gasteiger partial charge is 0.464 e. The highest BCUT2D eigenvalue weighted by Crippen LogP contribution is 2.66. The van der Waals surface area contributed by atoms with E-state index in [9.17, 15) is 4.79 Å². The molecule has 3 heteroatoms. The third kappa shape index (κ3) is 3.25. The molecule has 162 valence electrons. The molecule has 6 atom stereocenters. The van der Waals surface area contributed by atoms with Gasteiger partial charge in [-0.05, 0) is 84.3 Å². The third-order valence-electron chi connectivity index (χ3n) is 8.86. The maximum Gasteiger partial charge on any atom is 0.293 e. The smallest absolute Gasteiger partial charge is 0.293 e. The molecule has 0 N–H and O–H groups in total. The van der Waals surface area contributed by atoms with Crippen molar-refractivity contribution in [3.05, 3.63) is 47.8 Å². The van der Waals surface area contributed by atoms with Crippen LogP contribution in [0.3, 0.4) is 0 Å². The van der Waals surface area contributed by atoms with Crippen molar-refractivity contribution in [2.75, 3.05) is 0 Å². The Hall–Kier alpha value is -1.90. The van der Waals surface area contributed by atoms with E-state index in [1.807, 2.05) is 26.2 Å². The fourth-order valence-electron chi connectivity index (χ4n) is 7.36. The predicted octanol–water partition coefficient (Wildman–Crippen LogP) is 6.61. The maximum absolute atomic E-state index is 10.8. The van der Waals surface area contributed by atoms with Crippen LogP contribution in [-0.4, -0.2) is 17.6 Å². The van der Waals surface area contributed by atoms with Gasteiger partial charge >= 0.3 is 0 Å². The van der Waals surface area contributed by atoms with E-state index in [0.29, 0.717) is 11.9 Å². The van der Waals surface area contributed by atoms with E-state index in [1.54, 1.807) is 5.57 Å². The van der Waals surface area contributed by atoms with Crippen molar-refractivity contribution in [2.45, 2.75) is 78.7 Å². The highest BCUT2D eigenvalue weighted by atomic mass is 16.5. The van der Waals surface area contributed by atoms with Gasteiger partial charge in [-0.1, -0.05) is 51.5 Å². The summed E-state index contributed by atoms with van der Waals surface area (Å²) in [6.45, 7) is 9.64. The zero-order valence-electron chi connectivity index (χ0n) is 19.1. The number of fused-ring (bicyclic) bond motifs is 5. The molecule has 5 rings (SSSR count). The monoisotopic (exact) mass is 407 g/mol. The number of aromatic nitrogens is 1. The number of carbonyl (C=O) groups is 1. The first-order valence-corrected chi connectivity index (χ1v) is 12.0. The molecular formula is C27H37NO2. The van der Waals surface area contributed by atoms with Crippen molar-refractivity contribution >= 4 is 12.0 Å². The molecule has 0 saturated heterocycles. The number of hydrogen-bond donors (Lipinski definition) is 0. The molecule has 0 radical (unpaired) electrons. The lowest BCUT2D eigenvalue weighted by Crippen LogP contribution is -2.50. The fraction of sp³-hybridized carbons (Fsp3) is 0.630. The average molecular weight is 408 g/mol. The second-order valence-corrected chi connectivity index (χ2v) is 9.91. The van der Waals surface area contributed by atoms with Crippen LogP contribution < -0.4 is 0 Å². The van der Waals surface area contributed by atoms with Crippen LogP contribution in [0.2, 0.25) is 0 Å². The number of pyridine rings is 1. The molecular weight excluding hydrogens is 370 g/mol. The minimum atomic E-state index is 0.0903. The fourth-order valence-corrected chi connectivity index (χ4v) is 7.36. The second kappa shape index (κ2) is 8.32.